The van der Waals surface area contributed by atoms with Gasteiger partial charge < -0.3 is 29.5 Å². The minimum atomic E-state index is -0.589. The Morgan fingerprint density at radius 1 is 0.903 bits per heavy atom. The van der Waals surface area contributed by atoms with Crippen molar-refractivity contribution in [3.8, 4) is 0 Å². The van der Waals surface area contributed by atoms with Crippen LogP contribution in [0.5, 0.6) is 0 Å². The van der Waals surface area contributed by atoms with Crippen LogP contribution in [0.2, 0.25) is 0 Å². The number of likely N-dealkylation sites (N-methyl/N-ethyl adjacent to an activating group) is 2. The number of nitrogens with one attached hydrogen (secondary N) is 1. The highest BCUT2D eigenvalue weighted by Crippen LogP contribution is 2.32. The number of methoxy groups -OCH3 is 2. The third kappa shape index (κ3) is 14.7. The van der Waals surface area contributed by atoms with Gasteiger partial charge in [-0.25, -0.2) is 4.98 Å². The Morgan fingerprint density at radius 2 is 1.56 bits per heavy atom. The average molecular weight is 883 g/mol. The molecule has 1 aliphatic rings. The molecule has 0 saturated carbocycles. The van der Waals surface area contributed by atoms with Crippen LogP contribution in [0.3, 0.4) is 0 Å². The fourth-order valence-corrected chi connectivity index (χ4v) is 10.1. The minimum absolute atomic E-state index is 0.00946. The lowest BCUT2D eigenvalue weighted by Gasteiger charge is -2.41. The molecule has 1 aromatic carbocycles. The second kappa shape index (κ2) is 25.9. The molecular weight excluding hydrogens is 801 g/mol. The molecule has 3 amide bonds. The van der Waals surface area contributed by atoms with Gasteiger partial charge in [0.2, 0.25) is 17.7 Å². The zero-order chi connectivity index (χ0) is 46.3. The molecule has 1 saturated heterocycles. The second-order valence-corrected chi connectivity index (χ2v) is 19.8. The van der Waals surface area contributed by atoms with E-state index in [0.29, 0.717) is 25.4 Å². The van der Waals surface area contributed by atoms with Gasteiger partial charge in [-0.2, -0.15) is 0 Å². The first-order valence-corrected chi connectivity index (χ1v) is 24.0. The Morgan fingerprint density at radius 3 is 2.11 bits per heavy atom. The van der Waals surface area contributed by atoms with Gasteiger partial charge in [0, 0.05) is 57.8 Å². The highest BCUT2D eigenvalue weighted by molar-refractivity contribution is 7.09. The van der Waals surface area contributed by atoms with Crippen molar-refractivity contribution in [1.29, 1.82) is 0 Å². The number of aromatic nitrogens is 1. The predicted molar refractivity (Wildman–Crippen MR) is 251 cm³/mol. The van der Waals surface area contributed by atoms with Crippen molar-refractivity contribution in [2.45, 2.75) is 150 Å². The van der Waals surface area contributed by atoms with Gasteiger partial charge in [-0.15, -0.1) is 11.3 Å². The van der Waals surface area contributed by atoms with E-state index >= 15 is 0 Å². The van der Waals surface area contributed by atoms with Gasteiger partial charge in [-0.1, -0.05) is 85.2 Å². The fourth-order valence-electron chi connectivity index (χ4n) is 9.37. The number of rotatable bonds is 27. The molecule has 0 aliphatic carbocycles. The van der Waals surface area contributed by atoms with Crippen molar-refractivity contribution >= 4 is 34.8 Å². The standard InChI is InChI=1S/C49H82N6O6S/c1-15-35(8)45(54(12)49(59)38(32(2)3)30-41(56)44(33(4)5)53(11)26-20-25-52(10)34(6)7)42(60-13)31-43(57)55-27-19-23-40(55)46(61-14)36(9)47(58)51-39(48-50-24-28-62-48)29-37-21-17-16-18-22-37/h16-18,21-22,24,28,32-36,38-40,42,44-46H,15,19-20,23,25-27,29-31H2,1-14H3,(H,51,58)/t35-,36+,38-,39-,40-,42+,44-,45-,46+/m0/s1. The Labute approximate surface area is 378 Å². The van der Waals surface area contributed by atoms with E-state index in [0.717, 1.165) is 42.9 Å². The summed E-state index contributed by atoms with van der Waals surface area (Å²) in [7, 11) is 9.18. The maximum absolute atomic E-state index is 14.6. The first-order chi connectivity index (χ1) is 29.4. The normalized spacial score (nSPS) is 18.5. The molecule has 9 atom stereocenters. The Hall–Kier alpha value is -3.23. The number of thiazole rings is 1. The lowest BCUT2D eigenvalue weighted by molar-refractivity contribution is -0.149. The molecule has 62 heavy (non-hydrogen) atoms. The van der Waals surface area contributed by atoms with Crippen molar-refractivity contribution in [3.63, 3.8) is 0 Å². The van der Waals surface area contributed by atoms with Crippen LogP contribution in [-0.2, 0) is 35.1 Å². The zero-order valence-electron chi connectivity index (χ0n) is 40.6. The SMILES string of the molecule is CC[C@H](C)[C@@H]([C@@H](CC(=O)N1CCC[C@H]1[C@H](OC)[C@@H](C)C(=O)N[C@@H](Cc1ccccc1)c1nccs1)OC)N(C)C(=O)[C@@H](CC(=O)[C@H](C(C)C)N(C)CCCN(C)C(C)C)C(C)C. The van der Waals surface area contributed by atoms with Crippen LogP contribution in [-0.4, -0.2) is 139 Å². The number of nitrogens with zero attached hydrogens (tertiary/aromatic N) is 5. The van der Waals surface area contributed by atoms with Gasteiger partial charge in [0.05, 0.1) is 48.7 Å². The monoisotopic (exact) mass is 883 g/mol. The second-order valence-electron chi connectivity index (χ2n) is 18.8. The summed E-state index contributed by atoms with van der Waals surface area (Å²) in [6.45, 7) is 20.9. The van der Waals surface area contributed by atoms with Crippen LogP contribution >= 0.6 is 11.3 Å². The lowest BCUT2D eigenvalue weighted by atomic mass is 9.83. The number of amides is 3. The largest absolute Gasteiger partial charge is 0.379 e. The molecule has 1 N–H and O–H groups in total. The van der Waals surface area contributed by atoms with Crippen molar-refractivity contribution in [2.24, 2.45) is 29.6 Å². The molecule has 2 aromatic rings. The Bertz CT molecular complexity index is 1640. The Balaban J connectivity index is 1.77. The number of ether oxygens (including phenoxy) is 2. The lowest BCUT2D eigenvalue weighted by Crippen LogP contribution is -2.54. The van der Waals surface area contributed by atoms with Crippen LogP contribution in [0.25, 0.3) is 0 Å². The summed E-state index contributed by atoms with van der Waals surface area (Å²) in [5.74, 6) is -1.30. The average Bonchev–Trinajstić information content (AvgIpc) is 3.96. The first kappa shape index (κ1) is 53.1. The van der Waals surface area contributed by atoms with E-state index in [9.17, 15) is 19.2 Å². The van der Waals surface area contributed by atoms with E-state index in [1.807, 2.05) is 75.5 Å². The van der Waals surface area contributed by atoms with Crippen LogP contribution in [0.15, 0.2) is 41.9 Å². The summed E-state index contributed by atoms with van der Waals surface area (Å²) in [5.41, 5.74) is 1.10. The number of hydrogen-bond acceptors (Lipinski definition) is 10. The molecule has 0 radical (unpaired) electrons. The third-order valence-electron chi connectivity index (χ3n) is 13.5. The summed E-state index contributed by atoms with van der Waals surface area (Å²) in [4.78, 5) is 69.9. The molecule has 1 aliphatic heterocycles. The summed E-state index contributed by atoms with van der Waals surface area (Å²) in [6.07, 6.45) is 4.66. The minimum Gasteiger partial charge on any atom is -0.379 e. The summed E-state index contributed by atoms with van der Waals surface area (Å²) in [5, 5.41) is 6.00. The van der Waals surface area contributed by atoms with E-state index in [1.165, 1.54) is 11.3 Å². The van der Waals surface area contributed by atoms with Gasteiger partial charge >= 0.3 is 0 Å². The highest BCUT2D eigenvalue weighted by atomic mass is 32.1. The number of ketones is 1. The van der Waals surface area contributed by atoms with E-state index in [1.54, 1.807) is 25.3 Å². The summed E-state index contributed by atoms with van der Waals surface area (Å²) >= 11 is 1.51. The van der Waals surface area contributed by atoms with Crippen LogP contribution in [0, 0.1) is 29.6 Å². The molecule has 0 bridgehead atoms. The van der Waals surface area contributed by atoms with E-state index in [2.05, 4.69) is 68.7 Å². The number of Topliss-reactive ketones (excluding diaryl/α,β-unsaturated/α-hetero) is 1. The molecule has 3 rings (SSSR count). The van der Waals surface area contributed by atoms with Gasteiger partial charge in [-0.3, -0.25) is 24.1 Å². The van der Waals surface area contributed by atoms with Gasteiger partial charge in [0.15, 0.2) is 5.78 Å². The molecule has 12 nitrogen and oxygen atoms in total. The third-order valence-corrected chi connectivity index (χ3v) is 14.4. The maximum Gasteiger partial charge on any atom is 0.226 e. The predicted octanol–water partition coefficient (Wildman–Crippen LogP) is 7.38. The zero-order valence-corrected chi connectivity index (χ0v) is 41.5. The first-order valence-electron chi connectivity index (χ1n) is 23.2. The van der Waals surface area contributed by atoms with Crippen molar-refractivity contribution < 1.29 is 28.7 Å². The molecule has 1 aromatic heterocycles. The molecule has 1 fully saturated rings. The number of benzene rings is 1. The van der Waals surface area contributed by atoms with Crippen molar-refractivity contribution in [3.05, 3.63) is 52.5 Å². The number of carbonyl (C=O) groups is 4. The van der Waals surface area contributed by atoms with Crippen LogP contribution in [0.1, 0.15) is 117 Å². The van der Waals surface area contributed by atoms with E-state index < -0.39 is 30.1 Å². The quantitative estimate of drug-likeness (QED) is 0.0980. The molecule has 0 spiro atoms. The van der Waals surface area contributed by atoms with Crippen molar-refractivity contribution in [1.82, 2.24) is 29.9 Å². The van der Waals surface area contributed by atoms with Gasteiger partial charge in [0.1, 0.15) is 5.01 Å². The molecule has 0 unspecified atom stereocenters. The van der Waals surface area contributed by atoms with Crippen LogP contribution in [0.4, 0.5) is 0 Å². The Kier molecular flexibility index (Phi) is 22.2. The molecule has 13 heteroatoms. The smallest absolute Gasteiger partial charge is 0.226 e. The highest BCUT2D eigenvalue weighted by Gasteiger charge is 2.43. The fraction of sp³-hybridized carbons (Fsp3) is 0.735. The van der Waals surface area contributed by atoms with Crippen LogP contribution < -0.4 is 5.32 Å². The number of likely N-dealkylation sites (tertiary alicyclic amines) is 1. The topological polar surface area (TPSA) is 125 Å². The van der Waals surface area contributed by atoms with E-state index in [4.69, 9.17) is 9.47 Å². The molecule has 2 heterocycles. The van der Waals surface area contributed by atoms with E-state index in [-0.39, 0.29) is 72.2 Å². The maximum atomic E-state index is 14.6. The van der Waals surface area contributed by atoms with Crippen molar-refractivity contribution in [2.75, 3.05) is 55.0 Å². The number of hydrogen-bond donors (Lipinski definition) is 1. The van der Waals surface area contributed by atoms with Gasteiger partial charge in [0.25, 0.3) is 0 Å². The molecule has 350 valence electrons. The molecular formula is C49H82N6O6S. The van der Waals surface area contributed by atoms with Gasteiger partial charge in [-0.05, 0) is 90.0 Å². The number of carbonyl (C=O) groups excluding carboxylic acids is 4. The summed E-state index contributed by atoms with van der Waals surface area (Å²) < 4.78 is 12.2. The summed E-state index contributed by atoms with van der Waals surface area (Å²) in [6, 6.07) is 9.20.